The van der Waals surface area contributed by atoms with Gasteiger partial charge in [-0.15, -0.1) is 0 Å². The molecular weight excluding hydrogens is 1120 g/mol. The number of anilines is 4. The van der Waals surface area contributed by atoms with Crippen LogP contribution >= 0.6 is 0 Å². The van der Waals surface area contributed by atoms with Crippen LogP contribution in [-0.2, 0) is 40.3 Å². The summed E-state index contributed by atoms with van der Waals surface area (Å²) in [5, 5.41) is 34.7. The quantitative estimate of drug-likeness (QED) is 0.0393. The van der Waals surface area contributed by atoms with Gasteiger partial charge in [0.05, 0.1) is 32.2 Å². The minimum atomic E-state index is -5.21. The van der Waals surface area contributed by atoms with Crippen LogP contribution in [0, 0.1) is 41.5 Å². The van der Waals surface area contributed by atoms with E-state index < -0.39 is 67.4 Å². The molecule has 1 aliphatic carbocycles. The SMILES string of the molecule is Cc1cc(C)c(NS(=O)(=O)c2cccc3cc(C(=O)O)c(O)cc23)c(C)c1N=c1cc2oc3cc(Nc4c(C)cc(C)c(NS(=O)(=O)c5cccc6ccc(O)cc56)c4C)ccc3c(-c3ccccc3S(=O)(=O)O)c-2cc1S(=O)(=O)O. The Morgan fingerprint density at radius 1 is 0.519 bits per heavy atom. The van der Waals surface area contributed by atoms with Gasteiger partial charge in [-0.25, -0.2) is 26.6 Å². The Bertz CT molecular complexity index is 4910. The van der Waals surface area contributed by atoms with Crippen molar-refractivity contribution in [3.05, 3.63) is 178 Å². The van der Waals surface area contributed by atoms with E-state index in [1.54, 1.807) is 76.2 Å². The molecule has 0 aromatic heterocycles. The number of benzene rings is 9. The molecule has 1 heterocycles. The van der Waals surface area contributed by atoms with Crippen LogP contribution in [0.1, 0.15) is 43.7 Å². The molecule has 19 nitrogen and oxygen atoms in total. The molecule has 0 saturated heterocycles. The molecule has 0 atom stereocenters. The first-order valence-electron chi connectivity index (χ1n) is 24.4. The van der Waals surface area contributed by atoms with Crippen molar-refractivity contribution in [1.29, 1.82) is 0 Å². The minimum absolute atomic E-state index is 0.0168. The molecule has 2 aliphatic rings. The average molecular weight is 1170 g/mol. The summed E-state index contributed by atoms with van der Waals surface area (Å²) in [5.74, 6) is -2.29. The summed E-state index contributed by atoms with van der Waals surface area (Å²) in [6, 6.07) is 31.4. The van der Waals surface area contributed by atoms with E-state index >= 15 is 0 Å². The molecular formula is C58H48N4O15S4. The first-order chi connectivity index (χ1) is 38.0. The third-order valence-electron chi connectivity index (χ3n) is 14.0. The first kappa shape index (κ1) is 55.5. The van der Waals surface area contributed by atoms with Crippen LogP contribution in [-0.4, -0.2) is 64.1 Å². The Morgan fingerprint density at radius 2 is 1.10 bits per heavy atom. The van der Waals surface area contributed by atoms with Gasteiger partial charge in [0.15, 0.2) is 0 Å². The minimum Gasteiger partial charge on any atom is -0.508 e. The van der Waals surface area contributed by atoms with Crippen molar-refractivity contribution in [2.75, 3.05) is 14.8 Å². The smallest absolute Gasteiger partial charge is 0.339 e. The molecule has 23 heteroatoms. The lowest BCUT2D eigenvalue weighted by atomic mass is 9.93. The van der Waals surface area contributed by atoms with Crippen molar-refractivity contribution in [2.24, 2.45) is 4.99 Å². The summed E-state index contributed by atoms with van der Waals surface area (Å²) < 4.78 is 143. The molecule has 10 rings (SSSR count). The number of phenolic OH excluding ortho intramolecular Hbond substituents is 1. The van der Waals surface area contributed by atoms with E-state index in [-0.39, 0.29) is 87.7 Å². The summed E-state index contributed by atoms with van der Waals surface area (Å²) in [4.78, 5) is 14.8. The Labute approximate surface area is 464 Å². The number of hydrogen-bond donors (Lipinski definition) is 8. The molecule has 0 bridgehead atoms. The molecule has 1 aliphatic heterocycles. The third kappa shape index (κ3) is 10.3. The molecule has 0 unspecified atom stereocenters. The summed E-state index contributed by atoms with van der Waals surface area (Å²) in [5.41, 5.74) is 3.73. The van der Waals surface area contributed by atoms with Crippen molar-refractivity contribution >= 4 is 107 Å². The lowest BCUT2D eigenvalue weighted by Crippen LogP contribution is -2.17. The van der Waals surface area contributed by atoms with Crippen LogP contribution < -0.4 is 20.1 Å². The highest BCUT2D eigenvalue weighted by molar-refractivity contribution is 7.93. The topological polar surface area (TPSA) is 316 Å². The third-order valence-corrected chi connectivity index (χ3v) is 18.6. The largest absolute Gasteiger partial charge is 0.508 e. The molecule has 8 N–H and O–H groups in total. The molecule has 0 radical (unpaired) electrons. The second-order valence-electron chi connectivity index (χ2n) is 19.5. The first-order valence-corrected chi connectivity index (χ1v) is 30.3. The summed E-state index contributed by atoms with van der Waals surface area (Å²) in [6.07, 6.45) is 0. The molecule has 0 amide bonds. The van der Waals surface area contributed by atoms with Crippen LogP contribution in [0.2, 0.25) is 0 Å². The van der Waals surface area contributed by atoms with Gasteiger partial charge in [0, 0.05) is 56.4 Å². The molecule has 81 heavy (non-hydrogen) atoms. The number of aromatic hydroxyl groups is 2. The Hall–Kier alpha value is -8.84. The number of carboxylic acid groups (broad SMARTS) is 1. The van der Waals surface area contributed by atoms with Crippen molar-refractivity contribution < 1.29 is 67.3 Å². The van der Waals surface area contributed by atoms with E-state index in [4.69, 9.17) is 9.41 Å². The Kier molecular flexibility index (Phi) is 13.7. The monoisotopic (exact) mass is 1170 g/mol. The molecule has 414 valence electrons. The zero-order valence-electron chi connectivity index (χ0n) is 43.6. The van der Waals surface area contributed by atoms with Gasteiger partial charge in [-0.3, -0.25) is 18.5 Å². The van der Waals surface area contributed by atoms with E-state index in [9.17, 15) is 62.9 Å². The van der Waals surface area contributed by atoms with Crippen molar-refractivity contribution in [3.8, 4) is 33.9 Å². The van der Waals surface area contributed by atoms with E-state index in [1.165, 1.54) is 67.6 Å². The zero-order chi connectivity index (χ0) is 58.4. The average Bonchev–Trinajstić information content (AvgIpc) is 3.39. The zero-order valence-corrected chi connectivity index (χ0v) is 46.9. The summed E-state index contributed by atoms with van der Waals surface area (Å²) >= 11 is 0. The number of hydrogen-bond acceptors (Lipinski definition) is 14. The fourth-order valence-corrected chi connectivity index (χ4v) is 14.5. The van der Waals surface area contributed by atoms with Crippen LogP contribution in [0.15, 0.2) is 162 Å². The Balaban J connectivity index is 1.13. The van der Waals surface area contributed by atoms with Gasteiger partial charge in [-0.1, -0.05) is 60.7 Å². The number of nitrogens with zero attached hydrogens (tertiary/aromatic N) is 1. The maximum atomic E-state index is 14.3. The van der Waals surface area contributed by atoms with Gasteiger partial charge in [0.25, 0.3) is 40.3 Å². The van der Waals surface area contributed by atoms with Gasteiger partial charge in [0.1, 0.15) is 38.2 Å². The number of rotatable bonds is 13. The van der Waals surface area contributed by atoms with Crippen LogP contribution in [0.3, 0.4) is 0 Å². The number of carbonyl (C=O) groups is 1. The van der Waals surface area contributed by atoms with Crippen molar-refractivity contribution in [1.82, 2.24) is 0 Å². The lowest BCUT2D eigenvalue weighted by Gasteiger charge is -2.21. The van der Waals surface area contributed by atoms with E-state index in [0.717, 1.165) is 24.3 Å². The number of aromatic carboxylic acids is 1. The number of aryl methyl sites for hydroxylation is 4. The molecule has 0 saturated carbocycles. The van der Waals surface area contributed by atoms with E-state index in [2.05, 4.69) is 14.8 Å². The van der Waals surface area contributed by atoms with Crippen molar-refractivity contribution in [3.63, 3.8) is 0 Å². The highest BCUT2D eigenvalue weighted by Crippen LogP contribution is 2.45. The van der Waals surface area contributed by atoms with E-state index in [0.29, 0.717) is 50.0 Å². The van der Waals surface area contributed by atoms with Crippen molar-refractivity contribution in [2.45, 2.75) is 61.1 Å². The maximum Gasteiger partial charge on any atom is 0.339 e. The molecule has 8 aromatic rings. The number of nitrogens with one attached hydrogen (secondary N) is 3. The molecule has 0 fully saturated rings. The number of sulfonamides is 2. The van der Waals surface area contributed by atoms with Crippen LogP contribution in [0.5, 0.6) is 11.5 Å². The van der Waals surface area contributed by atoms with Gasteiger partial charge in [0.2, 0.25) is 0 Å². The fraction of sp³-hybridized carbons (Fsp3) is 0.103. The predicted molar refractivity (Wildman–Crippen MR) is 308 cm³/mol. The van der Waals surface area contributed by atoms with E-state index in [1.807, 2.05) is 6.92 Å². The highest BCUT2D eigenvalue weighted by Gasteiger charge is 2.29. The number of fused-ring (bicyclic) bond motifs is 4. The molecule has 8 aromatic carbocycles. The van der Waals surface area contributed by atoms with Gasteiger partial charge >= 0.3 is 5.97 Å². The Morgan fingerprint density at radius 3 is 1.74 bits per heavy atom. The standard InChI is InChI=1S/C58H48N4O15S4/c1-29-21-31(3)56(61-78(67,68)49-15-9-11-35-17-19-38(63)25-41(35)49)33(5)54(29)59-37-18-20-39-47(24-37)77-48-28-45(52(81(74,75)76)27-44(48)53(39)40-13-7-8-14-51(40)80(71,72)73)60-55-30(2)22-32(4)57(34(55)6)62-79(69,70)50-16-10-12-36-23-43(58(65)66)46(64)26-42(36)50/h7-28,59,61-64H,1-6H3,(H,65,66)(H,71,72,73)(H,74,75,76). The second-order valence-corrected chi connectivity index (χ2v) is 25.5. The second kappa shape index (κ2) is 20.1. The highest BCUT2D eigenvalue weighted by atomic mass is 32.2. The van der Waals surface area contributed by atoms with Crippen LogP contribution in [0.4, 0.5) is 28.4 Å². The molecule has 0 spiro atoms. The van der Waals surface area contributed by atoms with Crippen LogP contribution in [0.25, 0.3) is 55.0 Å². The maximum absolute atomic E-state index is 14.3. The summed E-state index contributed by atoms with van der Waals surface area (Å²) in [6.45, 7) is 10.1. The van der Waals surface area contributed by atoms with Gasteiger partial charge < -0.3 is 25.1 Å². The fourth-order valence-electron chi connectivity index (χ4n) is 10.3. The normalized spacial score (nSPS) is 12.6. The van der Waals surface area contributed by atoms with Gasteiger partial charge in [-0.2, -0.15) is 16.8 Å². The number of carboxylic acids is 1. The number of phenols is 2. The lowest BCUT2D eigenvalue weighted by molar-refractivity contribution is 0.0693. The predicted octanol–water partition coefficient (Wildman–Crippen LogP) is 11.5. The van der Waals surface area contributed by atoms with Gasteiger partial charge in [-0.05, 0) is 146 Å². The summed E-state index contributed by atoms with van der Waals surface area (Å²) in [7, 11) is -18.9.